The summed E-state index contributed by atoms with van der Waals surface area (Å²) >= 11 is 1.63. The Hall–Kier alpha value is -3.75. The Morgan fingerprint density at radius 2 is 1.69 bits per heavy atom. The van der Waals surface area contributed by atoms with Gasteiger partial charge >= 0.3 is 0 Å². The molecule has 0 amide bonds. The van der Waals surface area contributed by atoms with Crippen molar-refractivity contribution < 1.29 is 0 Å². The van der Waals surface area contributed by atoms with Crippen LogP contribution in [0.1, 0.15) is 5.56 Å². The first-order valence-electron chi connectivity index (χ1n) is 11.8. The lowest BCUT2D eigenvalue weighted by molar-refractivity contribution is 0.313. The standard InChI is InChI=1S/C27H27N7S/c1-18-17-35-26-24(18)25(29-21-6-5-19-4-3-11-28-23(19)16-21)31-27(32-26)30-20-7-9-22(10-8-20)34-14-12-33(2)13-15-34/h3-11,16-17H,12-15H2,1-2H3,(H2,29,30,31,32). The highest BCUT2D eigenvalue weighted by Crippen LogP contribution is 2.33. The van der Waals surface area contributed by atoms with Gasteiger partial charge in [0.2, 0.25) is 5.95 Å². The molecule has 2 aromatic carbocycles. The highest BCUT2D eigenvalue weighted by atomic mass is 32.1. The smallest absolute Gasteiger partial charge is 0.230 e. The van der Waals surface area contributed by atoms with Crippen LogP contribution >= 0.6 is 11.3 Å². The van der Waals surface area contributed by atoms with Crippen molar-refractivity contribution in [3.05, 3.63) is 71.7 Å². The van der Waals surface area contributed by atoms with Gasteiger partial charge in [-0.15, -0.1) is 11.3 Å². The Kier molecular flexibility index (Phi) is 5.67. The molecule has 5 aromatic rings. The van der Waals surface area contributed by atoms with Crippen LogP contribution in [0.25, 0.3) is 21.1 Å². The van der Waals surface area contributed by atoms with Crippen molar-refractivity contribution in [2.75, 3.05) is 48.8 Å². The number of hydrogen-bond donors (Lipinski definition) is 2. The molecule has 0 unspecified atom stereocenters. The fraction of sp³-hybridized carbons (Fsp3) is 0.222. The molecule has 1 aliphatic rings. The second-order valence-electron chi connectivity index (χ2n) is 8.99. The summed E-state index contributed by atoms with van der Waals surface area (Å²) in [4.78, 5) is 19.9. The molecule has 176 valence electrons. The summed E-state index contributed by atoms with van der Waals surface area (Å²) in [5.41, 5.74) is 5.28. The van der Waals surface area contributed by atoms with E-state index in [0.29, 0.717) is 5.95 Å². The lowest BCUT2D eigenvalue weighted by atomic mass is 10.2. The molecular weight excluding hydrogens is 454 g/mol. The monoisotopic (exact) mass is 481 g/mol. The highest BCUT2D eigenvalue weighted by molar-refractivity contribution is 7.17. The van der Waals surface area contributed by atoms with E-state index >= 15 is 0 Å². The number of anilines is 5. The van der Waals surface area contributed by atoms with E-state index < -0.39 is 0 Å². The van der Waals surface area contributed by atoms with Crippen molar-refractivity contribution in [3.8, 4) is 0 Å². The minimum atomic E-state index is 0.577. The Morgan fingerprint density at radius 3 is 2.51 bits per heavy atom. The second kappa shape index (κ2) is 9.13. The SMILES string of the molecule is Cc1csc2nc(Nc3ccc(N4CCN(C)CC4)cc3)nc(Nc3ccc4cccnc4c3)c12. The maximum absolute atomic E-state index is 4.86. The van der Waals surface area contributed by atoms with Gasteiger partial charge in [-0.25, -0.2) is 4.98 Å². The molecule has 1 aliphatic heterocycles. The fourth-order valence-electron chi connectivity index (χ4n) is 4.46. The number of likely N-dealkylation sites (N-methyl/N-ethyl adjacent to an activating group) is 1. The molecule has 2 N–H and O–H groups in total. The molecule has 6 rings (SSSR count). The topological polar surface area (TPSA) is 69.2 Å². The van der Waals surface area contributed by atoms with E-state index in [9.17, 15) is 0 Å². The minimum absolute atomic E-state index is 0.577. The molecular formula is C27H27N7S. The largest absolute Gasteiger partial charge is 0.369 e. The summed E-state index contributed by atoms with van der Waals surface area (Å²) in [5.74, 6) is 1.37. The summed E-state index contributed by atoms with van der Waals surface area (Å²) < 4.78 is 0. The molecule has 35 heavy (non-hydrogen) atoms. The van der Waals surface area contributed by atoms with Crippen molar-refractivity contribution in [2.24, 2.45) is 0 Å². The predicted octanol–water partition coefficient (Wildman–Crippen LogP) is 5.79. The zero-order valence-corrected chi connectivity index (χ0v) is 20.6. The number of benzene rings is 2. The number of pyridine rings is 1. The van der Waals surface area contributed by atoms with Crippen molar-refractivity contribution in [1.82, 2.24) is 19.9 Å². The molecule has 0 spiro atoms. The molecule has 1 saturated heterocycles. The average molecular weight is 482 g/mol. The van der Waals surface area contributed by atoms with E-state index in [4.69, 9.17) is 9.97 Å². The number of nitrogens with zero attached hydrogens (tertiary/aromatic N) is 5. The highest BCUT2D eigenvalue weighted by Gasteiger charge is 2.15. The van der Waals surface area contributed by atoms with E-state index in [1.165, 1.54) is 5.69 Å². The van der Waals surface area contributed by atoms with Crippen LogP contribution in [0.2, 0.25) is 0 Å². The van der Waals surface area contributed by atoms with Gasteiger partial charge in [0, 0.05) is 54.8 Å². The molecule has 4 heterocycles. The number of hydrogen-bond acceptors (Lipinski definition) is 8. The number of thiophene rings is 1. The summed E-state index contributed by atoms with van der Waals surface area (Å²) in [6, 6.07) is 18.7. The first-order valence-corrected chi connectivity index (χ1v) is 12.7. The molecule has 8 heteroatoms. The number of piperazine rings is 1. The lowest BCUT2D eigenvalue weighted by Gasteiger charge is -2.34. The van der Waals surface area contributed by atoms with Crippen LogP contribution in [0.15, 0.2) is 66.2 Å². The summed E-state index contributed by atoms with van der Waals surface area (Å²) in [7, 11) is 2.18. The normalized spacial score (nSPS) is 14.5. The summed E-state index contributed by atoms with van der Waals surface area (Å²) in [5, 5.41) is 11.2. The van der Waals surface area contributed by atoms with Crippen LogP contribution in [-0.2, 0) is 0 Å². The van der Waals surface area contributed by atoms with E-state index in [-0.39, 0.29) is 0 Å². The van der Waals surface area contributed by atoms with Crippen LogP contribution in [-0.4, -0.2) is 53.1 Å². The van der Waals surface area contributed by atoms with Crippen LogP contribution < -0.4 is 15.5 Å². The average Bonchev–Trinajstić information content (AvgIpc) is 3.26. The summed E-state index contributed by atoms with van der Waals surface area (Å²) in [6.45, 7) is 6.40. The Bertz CT molecular complexity index is 1490. The van der Waals surface area contributed by atoms with Gasteiger partial charge < -0.3 is 20.4 Å². The third-order valence-corrected chi connectivity index (χ3v) is 7.47. The van der Waals surface area contributed by atoms with E-state index in [1.807, 2.05) is 12.3 Å². The molecule has 1 fully saturated rings. The number of rotatable bonds is 5. The van der Waals surface area contributed by atoms with Crippen LogP contribution in [0, 0.1) is 6.92 Å². The van der Waals surface area contributed by atoms with Crippen LogP contribution in [0.3, 0.4) is 0 Å². The minimum Gasteiger partial charge on any atom is -0.369 e. The van der Waals surface area contributed by atoms with Crippen LogP contribution in [0.5, 0.6) is 0 Å². The molecule has 3 aromatic heterocycles. The van der Waals surface area contributed by atoms with E-state index in [2.05, 4.69) is 93.3 Å². The third kappa shape index (κ3) is 4.50. The lowest BCUT2D eigenvalue weighted by Crippen LogP contribution is -2.44. The Balaban J connectivity index is 1.27. The quantitative estimate of drug-likeness (QED) is 0.329. The van der Waals surface area contributed by atoms with Gasteiger partial charge in [0.25, 0.3) is 0 Å². The van der Waals surface area contributed by atoms with Crippen molar-refractivity contribution in [1.29, 1.82) is 0 Å². The molecule has 0 aliphatic carbocycles. The zero-order valence-electron chi connectivity index (χ0n) is 19.8. The van der Waals surface area contributed by atoms with Crippen molar-refractivity contribution in [2.45, 2.75) is 6.92 Å². The predicted molar refractivity (Wildman–Crippen MR) is 147 cm³/mol. The van der Waals surface area contributed by atoms with Gasteiger partial charge in [-0.2, -0.15) is 4.98 Å². The van der Waals surface area contributed by atoms with Gasteiger partial charge in [-0.05, 0) is 67.4 Å². The maximum atomic E-state index is 4.86. The van der Waals surface area contributed by atoms with E-state index in [0.717, 1.165) is 70.1 Å². The molecule has 0 bridgehead atoms. The van der Waals surface area contributed by atoms with Crippen molar-refractivity contribution >= 4 is 61.3 Å². The maximum Gasteiger partial charge on any atom is 0.230 e. The number of aromatic nitrogens is 3. The first kappa shape index (κ1) is 21.8. The molecule has 0 radical (unpaired) electrons. The van der Waals surface area contributed by atoms with Gasteiger partial charge in [0.05, 0.1) is 10.9 Å². The first-order chi connectivity index (χ1) is 17.1. The fourth-order valence-corrected chi connectivity index (χ4v) is 5.38. The molecule has 0 saturated carbocycles. The molecule has 7 nitrogen and oxygen atoms in total. The van der Waals surface area contributed by atoms with Crippen molar-refractivity contribution in [3.63, 3.8) is 0 Å². The van der Waals surface area contributed by atoms with Gasteiger partial charge in [-0.3, -0.25) is 4.98 Å². The van der Waals surface area contributed by atoms with Gasteiger partial charge in [0.1, 0.15) is 10.6 Å². The van der Waals surface area contributed by atoms with Crippen LogP contribution in [0.4, 0.5) is 28.8 Å². The zero-order chi connectivity index (χ0) is 23.8. The number of aryl methyl sites for hydroxylation is 1. The number of fused-ring (bicyclic) bond motifs is 2. The van der Waals surface area contributed by atoms with Gasteiger partial charge in [-0.1, -0.05) is 12.1 Å². The molecule has 0 atom stereocenters. The Labute approximate surface area is 208 Å². The van der Waals surface area contributed by atoms with E-state index in [1.54, 1.807) is 11.3 Å². The second-order valence-corrected chi connectivity index (χ2v) is 9.85. The Morgan fingerprint density at radius 1 is 0.886 bits per heavy atom. The summed E-state index contributed by atoms with van der Waals surface area (Å²) in [6.07, 6.45) is 1.81. The number of nitrogens with one attached hydrogen (secondary N) is 2. The third-order valence-electron chi connectivity index (χ3n) is 6.48. The van der Waals surface area contributed by atoms with Gasteiger partial charge in [0.15, 0.2) is 0 Å².